The predicted octanol–water partition coefficient (Wildman–Crippen LogP) is 2.74. The van der Waals surface area contributed by atoms with Gasteiger partial charge < -0.3 is 10.2 Å². The van der Waals surface area contributed by atoms with Gasteiger partial charge in [0.2, 0.25) is 15.9 Å². The maximum absolute atomic E-state index is 12.7. The first-order valence-corrected chi connectivity index (χ1v) is 11.4. The van der Waals surface area contributed by atoms with Crippen LogP contribution in [0.3, 0.4) is 0 Å². The van der Waals surface area contributed by atoms with Gasteiger partial charge in [-0.1, -0.05) is 18.6 Å². The van der Waals surface area contributed by atoms with Crippen LogP contribution in [-0.2, 0) is 21.2 Å². The molecule has 2 aromatic rings. The lowest BCUT2D eigenvalue weighted by Crippen LogP contribution is -2.35. The number of hydrogen-bond acceptors (Lipinski definition) is 4. The summed E-state index contributed by atoms with van der Waals surface area (Å²) in [5.74, 6) is -0.319. The summed E-state index contributed by atoms with van der Waals surface area (Å²) in [4.78, 5) is 26.0. The highest BCUT2D eigenvalue weighted by Gasteiger charge is 2.25. The number of likely N-dealkylation sites (N-methyl/N-ethyl adjacent to an activating group) is 1. The zero-order chi connectivity index (χ0) is 21.7. The van der Waals surface area contributed by atoms with E-state index in [1.165, 1.54) is 33.5 Å². The number of anilines is 1. The molecule has 0 aromatic heterocycles. The van der Waals surface area contributed by atoms with Crippen LogP contribution in [0.5, 0.6) is 0 Å². The molecule has 3 rings (SSSR count). The molecule has 0 bridgehead atoms. The van der Waals surface area contributed by atoms with Gasteiger partial charge in [-0.05, 0) is 54.8 Å². The monoisotopic (exact) mass is 429 g/mol. The molecule has 2 aromatic carbocycles. The first-order chi connectivity index (χ1) is 14.3. The Kier molecular flexibility index (Phi) is 6.89. The third-order valence-electron chi connectivity index (χ3n) is 5.14. The fraction of sp³-hybridized carbons (Fsp3) is 0.364. The summed E-state index contributed by atoms with van der Waals surface area (Å²) in [6.45, 7) is 1.08. The number of amides is 2. The maximum Gasteiger partial charge on any atom is 0.255 e. The third-order valence-corrected chi connectivity index (χ3v) is 7.05. The van der Waals surface area contributed by atoms with Gasteiger partial charge in [-0.25, -0.2) is 8.42 Å². The summed E-state index contributed by atoms with van der Waals surface area (Å²) in [7, 11) is -0.0971. The highest BCUT2D eigenvalue weighted by Crippen LogP contribution is 2.21. The number of nitrogens with one attached hydrogen (secondary N) is 1. The maximum atomic E-state index is 12.7. The minimum atomic E-state index is -3.51. The van der Waals surface area contributed by atoms with Crippen LogP contribution in [0.2, 0.25) is 0 Å². The molecule has 8 heteroatoms. The standard InChI is InChI=1S/C22H27N3O4S/c1-24(2)21(26)16-17-6-10-19(11-7-17)23-22(27)18-8-12-20(13-9-18)30(28,29)25-14-4-3-5-15-25/h6-13H,3-5,14-16H2,1-2H3,(H,23,27). The summed E-state index contributed by atoms with van der Waals surface area (Å²) < 4.78 is 26.9. The zero-order valence-electron chi connectivity index (χ0n) is 17.3. The second-order valence-corrected chi connectivity index (χ2v) is 9.54. The van der Waals surface area contributed by atoms with Crippen LogP contribution in [0.1, 0.15) is 35.2 Å². The number of hydrogen-bond donors (Lipinski definition) is 1. The molecular formula is C22H27N3O4S. The van der Waals surface area contributed by atoms with Crippen LogP contribution >= 0.6 is 0 Å². The lowest BCUT2D eigenvalue weighted by molar-refractivity contribution is -0.127. The lowest BCUT2D eigenvalue weighted by atomic mass is 10.1. The molecule has 0 spiro atoms. The lowest BCUT2D eigenvalue weighted by Gasteiger charge is -2.25. The summed E-state index contributed by atoms with van der Waals surface area (Å²) >= 11 is 0. The Bertz CT molecular complexity index is 994. The highest BCUT2D eigenvalue weighted by molar-refractivity contribution is 7.89. The molecule has 0 unspecified atom stereocenters. The van der Waals surface area contributed by atoms with E-state index < -0.39 is 10.0 Å². The fourth-order valence-corrected chi connectivity index (χ4v) is 4.79. The van der Waals surface area contributed by atoms with Crippen molar-refractivity contribution in [2.45, 2.75) is 30.6 Å². The summed E-state index contributed by atoms with van der Waals surface area (Å²) in [5.41, 5.74) is 1.84. The van der Waals surface area contributed by atoms with E-state index in [4.69, 9.17) is 0 Å². The number of benzene rings is 2. The summed E-state index contributed by atoms with van der Waals surface area (Å²) in [6.07, 6.45) is 3.11. The molecule has 1 N–H and O–H groups in total. The Morgan fingerprint density at radius 2 is 1.53 bits per heavy atom. The van der Waals surface area contributed by atoms with Gasteiger partial charge in [0.25, 0.3) is 5.91 Å². The number of carbonyl (C=O) groups is 2. The quantitative estimate of drug-likeness (QED) is 0.765. The molecule has 2 amide bonds. The van der Waals surface area contributed by atoms with Crippen LogP contribution in [0.25, 0.3) is 0 Å². The number of piperidine rings is 1. The minimum Gasteiger partial charge on any atom is -0.349 e. The Morgan fingerprint density at radius 1 is 0.933 bits per heavy atom. The fourth-order valence-electron chi connectivity index (χ4n) is 3.27. The van der Waals surface area contributed by atoms with Gasteiger partial charge in [-0.3, -0.25) is 9.59 Å². The van der Waals surface area contributed by atoms with Gasteiger partial charge in [0.05, 0.1) is 11.3 Å². The Balaban J connectivity index is 1.64. The van der Waals surface area contributed by atoms with Gasteiger partial charge in [-0.15, -0.1) is 0 Å². The normalized spacial score (nSPS) is 14.9. The van der Waals surface area contributed by atoms with Crippen molar-refractivity contribution in [3.63, 3.8) is 0 Å². The number of nitrogens with zero attached hydrogens (tertiary/aromatic N) is 2. The SMILES string of the molecule is CN(C)C(=O)Cc1ccc(NC(=O)c2ccc(S(=O)(=O)N3CCCCC3)cc2)cc1. The van der Waals surface area contributed by atoms with Crippen molar-refractivity contribution in [3.05, 3.63) is 59.7 Å². The molecule has 1 fully saturated rings. The molecule has 0 radical (unpaired) electrons. The predicted molar refractivity (Wildman–Crippen MR) is 116 cm³/mol. The third kappa shape index (κ3) is 5.25. The number of rotatable bonds is 6. The van der Waals surface area contributed by atoms with E-state index in [1.807, 2.05) is 0 Å². The van der Waals surface area contributed by atoms with Gasteiger partial charge in [0.15, 0.2) is 0 Å². The second kappa shape index (κ2) is 9.40. The van der Waals surface area contributed by atoms with Crippen LogP contribution < -0.4 is 5.32 Å². The van der Waals surface area contributed by atoms with E-state index in [0.29, 0.717) is 30.8 Å². The number of sulfonamides is 1. The smallest absolute Gasteiger partial charge is 0.255 e. The van der Waals surface area contributed by atoms with E-state index in [2.05, 4.69) is 5.32 Å². The van der Waals surface area contributed by atoms with Crippen molar-refractivity contribution in [1.82, 2.24) is 9.21 Å². The Hall–Kier alpha value is -2.71. The van der Waals surface area contributed by atoms with E-state index in [-0.39, 0.29) is 16.7 Å². The first kappa shape index (κ1) is 22.0. The Labute approximate surface area is 177 Å². The van der Waals surface area contributed by atoms with Gasteiger partial charge in [0, 0.05) is 38.4 Å². The number of carbonyl (C=O) groups excluding carboxylic acids is 2. The molecule has 30 heavy (non-hydrogen) atoms. The van der Waals surface area contributed by atoms with Crippen molar-refractivity contribution < 1.29 is 18.0 Å². The highest BCUT2D eigenvalue weighted by atomic mass is 32.2. The average Bonchev–Trinajstić information content (AvgIpc) is 2.75. The summed E-state index contributed by atoms with van der Waals surface area (Å²) in [6, 6.07) is 13.1. The molecule has 0 aliphatic carbocycles. The van der Waals surface area contributed by atoms with Crippen LogP contribution in [0.15, 0.2) is 53.4 Å². The van der Waals surface area contributed by atoms with Crippen molar-refractivity contribution >= 4 is 27.5 Å². The summed E-state index contributed by atoms with van der Waals surface area (Å²) in [5, 5.41) is 2.79. The van der Waals surface area contributed by atoms with Crippen LogP contribution in [0.4, 0.5) is 5.69 Å². The van der Waals surface area contributed by atoms with E-state index in [9.17, 15) is 18.0 Å². The van der Waals surface area contributed by atoms with Crippen LogP contribution in [0, 0.1) is 0 Å². The van der Waals surface area contributed by atoms with Crippen LogP contribution in [-0.4, -0.2) is 56.6 Å². The largest absolute Gasteiger partial charge is 0.349 e. The van der Waals surface area contributed by atoms with E-state index in [1.54, 1.807) is 38.4 Å². The van der Waals surface area contributed by atoms with E-state index >= 15 is 0 Å². The molecule has 1 heterocycles. The van der Waals surface area contributed by atoms with Crippen molar-refractivity contribution in [1.29, 1.82) is 0 Å². The molecule has 1 aliphatic rings. The molecule has 1 saturated heterocycles. The topological polar surface area (TPSA) is 86.8 Å². The van der Waals surface area contributed by atoms with Gasteiger partial charge in [-0.2, -0.15) is 4.31 Å². The first-order valence-electron chi connectivity index (χ1n) is 9.98. The van der Waals surface area contributed by atoms with Crippen molar-refractivity contribution in [2.75, 3.05) is 32.5 Å². The van der Waals surface area contributed by atoms with Crippen molar-refractivity contribution in [2.24, 2.45) is 0 Å². The minimum absolute atomic E-state index is 0.00591. The molecule has 0 saturated carbocycles. The van der Waals surface area contributed by atoms with Crippen molar-refractivity contribution in [3.8, 4) is 0 Å². The zero-order valence-corrected chi connectivity index (χ0v) is 18.1. The van der Waals surface area contributed by atoms with Gasteiger partial charge >= 0.3 is 0 Å². The average molecular weight is 430 g/mol. The molecule has 7 nitrogen and oxygen atoms in total. The molecule has 1 aliphatic heterocycles. The van der Waals surface area contributed by atoms with Gasteiger partial charge in [0.1, 0.15) is 0 Å². The van der Waals surface area contributed by atoms with E-state index in [0.717, 1.165) is 24.8 Å². The second-order valence-electron chi connectivity index (χ2n) is 7.61. The molecule has 160 valence electrons. The molecular weight excluding hydrogens is 402 g/mol. The molecule has 0 atom stereocenters. The Morgan fingerprint density at radius 3 is 2.10 bits per heavy atom.